The second-order valence-electron chi connectivity index (χ2n) is 9.46. The highest BCUT2D eigenvalue weighted by molar-refractivity contribution is 7.99. The zero-order valence-electron chi connectivity index (χ0n) is 21.5. The zero-order chi connectivity index (χ0) is 27.5. The number of benzene rings is 2. The Morgan fingerprint density at radius 2 is 1.68 bits per heavy atom. The number of ether oxygens (including phenoxy) is 1. The van der Waals surface area contributed by atoms with Crippen molar-refractivity contribution in [2.75, 3.05) is 38.2 Å². The lowest BCUT2D eigenvalue weighted by atomic mass is 9.84. The van der Waals surface area contributed by atoms with Crippen LogP contribution in [0.4, 0.5) is 23.2 Å². The van der Waals surface area contributed by atoms with Crippen LogP contribution in [-0.2, 0) is 9.53 Å². The average Bonchev–Trinajstić information content (AvgIpc) is 2.90. The Hall–Kier alpha value is -1.95. The van der Waals surface area contributed by atoms with Crippen molar-refractivity contribution in [1.29, 1.82) is 0 Å². The van der Waals surface area contributed by atoms with Crippen molar-refractivity contribution in [2.24, 2.45) is 0 Å². The number of unbranched alkanes of at least 4 members (excludes halogenated alkanes) is 1. The molecule has 2 fully saturated rings. The van der Waals surface area contributed by atoms with Gasteiger partial charge < -0.3 is 10.5 Å². The van der Waals surface area contributed by atoms with Crippen LogP contribution in [0.5, 0.6) is 0 Å². The number of nitrogens with zero attached hydrogens (tertiary/aromatic N) is 1. The van der Waals surface area contributed by atoms with Gasteiger partial charge in [0, 0.05) is 30.0 Å². The standard InChI is InChI=1S/C14H18F2N2O2S.C13H17F2NS/c1-20-14(5-3-2-4-6-14)13(19)18-21-9-7-10(15)12(17)11(16)8-9;14-11-3-5-13(6-4-11)17-8-2-1-7-16-9-12(15)10-16/h7-8H,2-6,17H2,1H3,(H,18,19);3-6,12H,1-2,7-10H2. The zero-order valence-corrected chi connectivity index (χ0v) is 23.1. The maximum atomic E-state index is 13.3. The molecule has 2 aliphatic rings. The van der Waals surface area contributed by atoms with E-state index in [-0.39, 0.29) is 16.6 Å². The number of thioether (sulfide) groups is 1. The second-order valence-corrected chi connectivity index (χ2v) is 11.5. The number of hydrogen-bond acceptors (Lipinski definition) is 6. The normalized spacial score (nSPS) is 17.3. The van der Waals surface area contributed by atoms with Gasteiger partial charge in [-0.2, -0.15) is 0 Å². The number of methoxy groups -OCH3 is 1. The second kappa shape index (κ2) is 15.0. The molecule has 2 aromatic carbocycles. The van der Waals surface area contributed by atoms with Gasteiger partial charge in [-0.3, -0.25) is 14.4 Å². The molecule has 1 amide bonds. The molecule has 38 heavy (non-hydrogen) atoms. The Balaban J connectivity index is 0.000000215. The van der Waals surface area contributed by atoms with E-state index in [2.05, 4.69) is 9.62 Å². The number of likely N-dealkylation sites (tertiary alicyclic amines) is 1. The van der Waals surface area contributed by atoms with Gasteiger partial charge in [0.1, 0.15) is 34.9 Å². The molecule has 0 bridgehead atoms. The van der Waals surface area contributed by atoms with Crippen LogP contribution < -0.4 is 10.5 Å². The maximum Gasteiger partial charge on any atom is 0.262 e. The van der Waals surface area contributed by atoms with E-state index >= 15 is 0 Å². The predicted octanol–water partition coefficient (Wildman–Crippen LogP) is 6.37. The van der Waals surface area contributed by atoms with Crippen LogP contribution in [0.15, 0.2) is 46.2 Å². The molecular weight excluding hydrogens is 538 g/mol. The van der Waals surface area contributed by atoms with Crippen LogP contribution >= 0.6 is 23.7 Å². The number of halogens is 4. The SMILES string of the molecule is COC1(C(=O)NSc2cc(F)c(N)c(F)c2)CCCCC1.Fc1ccc(SCCCCN2CC(F)C2)cc1. The molecule has 0 radical (unpaired) electrons. The quantitative estimate of drug-likeness (QED) is 0.113. The number of carbonyl (C=O) groups excluding carboxylic acids is 1. The van der Waals surface area contributed by atoms with Crippen molar-refractivity contribution in [3.8, 4) is 0 Å². The van der Waals surface area contributed by atoms with Crippen LogP contribution in [0.25, 0.3) is 0 Å². The van der Waals surface area contributed by atoms with Crippen LogP contribution in [-0.4, -0.2) is 55.1 Å². The Morgan fingerprint density at radius 1 is 1.05 bits per heavy atom. The molecular formula is C27H35F4N3O2S2. The van der Waals surface area contributed by atoms with E-state index in [0.29, 0.717) is 25.9 Å². The first-order chi connectivity index (χ1) is 18.2. The molecule has 2 aromatic rings. The number of rotatable bonds is 10. The molecule has 1 saturated carbocycles. The summed E-state index contributed by atoms with van der Waals surface area (Å²) in [5.74, 6) is -1.10. The van der Waals surface area contributed by atoms with Crippen molar-refractivity contribution in [3.05, 3.63) is 53.8 Å². The minimum atomic E-state index is -0.842. The molecule has 4 rings (SSSR count). The van der Waals surface area contributed by atoms with Gasteiger partial charge in [0.25, 0.3) is 5.91 Å². The van der Waals surface area contributed by atoms with Crippen molar-refractivity contribution in [2.45, 2.75) is 66.5 Å². The lowest BCUT2D eigenvalue weighted by Crippen LogP contribution is -2.48. The van der Waals surface area contributed by atoms with E-state index in [1.54, 1.807) is 11.8 Å². The smallest absolute Gasteiger partial charge is 0.262 e. The minimum Gasteiger partial charge on any atom is -0.394 e. The van der Waals surface area contributed by atoms with E-state index in [0.717, 1.165) is 73.4 Å². The Labute approximate surface area is 230 Å². The van der Waals surface area contributed by atoms with Crippen molar-refractivity contribution >= 4 is 35.3 Å². The van der Waals surface area contributed by atoms with Crippen LogP contribution in [0, 0.1) is 17.5 Å². The topological polar surface area (TPSA) is 67.6 Å². The third kappa shape index (κ3) is 9.07. The van der Waals surface area contributed by atoms with Crippen LogP contribution in [0.3, 0.4) is 0 Å². The van der Waals surface area contributed by atoms with E-state index in [4.69, 9.17) is 10.5 Å². The van der Waals surface area contributed by atoms with Gasteiger partial charge >= 0.3 is 0 Å². The van der Waals surface area contributed by atoms with Gasteiger partial charge in [-0.25, -0.2) is 17.6 Å². The Morgan fingerprint density at radius 3 is 2.26 bits per heavy atom. The summed E-state index contributed by atoms with van der Waals surface area (Å²) >= 11 is 2.61. The summed E-state index contributed by atoms with van der Waals surface area (Å²) in [6.07, 6.45) is 5.88. The third-order valence-corrected chi connectivity index (χ3v) is 8.50. The van der Waals surface area contributed by atoms with Crippen molar-refractivity contribution < 1.29 is 27.1 Å². The summed E-state index contributed by atoms with van der Waals surface area (Å²) in [5.41, 5.74) is 3.84. The molecule has 3 N–H and O–H groups in total. The Bertz CT molecular complexity index is 1010. The van der Waals surface area contributed by atoms with Gasteiger partial charge in [0.15, 0.2) is 0 Å². The minimum absolute atomic E-state index is 0.187. The number of alkyl halides is 1. The molecule has 0 aromatic heterocycles. The van der Waals surface area contributed by atoms with E-state index in [9.17, 15) is 22.4 Å². The molecule has 1 aliphatic heterocycles. The summed E-state index contributed by atoms with van der Waals surface area (Å²) in [7, 11) is 1.51. The number of nitrogens with two attached hydrogens (primary N) is 1. The highest BCUT2D eigenvalue weighted by atomic mass is 32.2. The fourth-order valence-corrected chi connectivity index (χ4v) is 5.95. The predicted molar refractivity (Wildman–Crippen MR) is 145 cm³/mol. The highest BCUT2D eigenvalue weighted by Gasteiger charge is 2.39. The first kappa shape index (κ1) is 30.6. The summed E-state index contributed by atoms with van der Waals surface area (Å²) in [5, 5.41) is 0. The molecule has 1 saturated heterocycles. The molecule has 1 aliphatic carbocycles. The van der Waals surface area contributed by atoms with Gasteiger partial charge in [-0.05, 0) is 86.3 Å². The number of anilines is 1. The largest absolute Gasteiger partial charge is 0.394 e. The number of hydrogen-bond donors (Lipinski definition) is 2. The Kier molecular flexibility index (Phi) is 12.1. The third-order valence-electron chi connectivity index (χ3n) is 6.64. The molecule has 0 atom stereocenters. The molecule has 0 spiro atoms. The van der Waals surface area contributed by atoms with E-state index in [1.165, 1.54) is 19.2 Å². The maximum absolute atomic E-state index is 13.3. The van der Waals surface area contributed by atoms with Gasteiger partial charge in [0.2, 0.25) is 0 Å². The highest BCUT2D eigenvalue weighted by Crippen LogP contribution is 2.32. The first-order valence-corrected chi connectivity index (χ1v) is 14.5. The molecule has 5 nitrogen and oxygen atoms in total. The van der Waals surface area contributed by atoms with E-state index < -0.39 is 29.1 Å². The lowest BCUT2D eigenvalue weighted by Gasteiger charge is -2.34. The summed E-state index contributed by atoms with van der Waals surface area (Å²) in [6.45, 7) is 2.24. The van der Waals surface area contributed by atoms with Crippen molar-refractivity contribution in [3.63, 3.8) is 0 Å². The van der Waals surface area contributed by atoms with Gasteiger partial charge in [0.05, 0.1) is 0 Å². The van der Waals surface area contributed by atoms with Crippen molar-refractivity contribution in [1.82, 2.24) is 9.62 Å². The summed E-state index contributed by atoms with van der Waals surface area (Å²) in [6, 6.07) is 8.77. The number of carbonyl (C=O) groups is 1. The van der Waals surface area contributed by atoms with Crippen LogP contribution in [0.1, 0.15) is 44.9 Å². The molecule has 210 valence electrons. The number of nitrogens with one attached hydrogen (secondary N) is 1. The van der Waals surface area contributed by atoms with Gasteiger partial charge in [-0.1, -0.05) is 19.3 Å². The number of amides is 1. The average molecular weight is 574 g/mol. The fourth-order valence-electron chi connectivity index (χ4n) is 4.31. The summed E-state index contributed by atoms with van der Waals surface area (Å²) < 4.78 is 59.9. The number of nitrogen functional groups attached to an aromatic ring is 1. The monoisotopic (exact) mass is 573 g/mol. The molecule has 0 unspecified atom stereocenters. The molecule has 11 heteroatoms. The lowest BCUT2D eigenvalue weighted by molar-refractivity contribution is -0.145. The van der Waals surface area contributed by atoms with E-state index in [1.807, 2.05) is 12.1 Å². The first-order valence-electron chi connectivity index (χ1n) is 12.7. The fraction of sp³-hybridized carbons (Fsp3) is 0.519. The molecule has 1 heterocycles. The van der Waals surface area contributed by atoms with Crippen LogP contribution in [0.2, 0.25) is 0 Å². The van der Waals surface area contributed by atoms with Gasteiger partial charge in [-0.15, -0.1) is 11.8 Å². The summed E-state index contributed by atoms with van der Waals surface area (Å²) in [4.78, 5) is 15.8.